The van der Waals surface area contributed by atoms with Gasteiger partial charge in [0.05, 0.1) is 12.5 Å². The normalized spacial score (nSPS) is 26.7. The van der Waals surface area contributed by atoms with Crippen molar-refractivity contribution >= 4 is 11.9 Å². The number of rotatable bonds is 3. The molecule has 0 saturated carbocycles. The number of nitrogens with zero attached hydrogens (tertiary/aromatic N) is 1. The maximum atomic E-state index is 12.4. The molecule has 1 amide bonds. The van der Waals surface area contributed by atoms with Gasteiger partial charge < -0.3 is 14.4 Å². The number of esters is 1. The van der Waals surface area contributed by atoms with Gasteiger partial charge in [-0.3, -0.25) is 4.79 Å². The minimum absolute atomic E-state index is 0.0196. The average Bonchev–Trinajstić information content (AvgIpc) is 2.87. The molecule has 5 nitrogen and oxygen atoms in total. The van der Waals surface area contributed by atoms with Crippen molar-refractivity contribution in [2.24, 2.45) is 0 Å². The summed E-state index contributed by atoms with van der Waals surface area (Å²) in [5.74, 6) is -0.256. The van der Waals surface area contributed by atoms with E-state index in [0.717, 1.165) is 32.3 Å². The second kappa shape index (κ2) is 6.77. The Bertz CT molecular complexity index is 382. The first-order valence-corrected chi connectivity index (χ1v) is 8.01. The summed E-state index contributed by atoms with van der Waals surface area (Å²) in [6.07, 6.45) is 5.11. The molecule has 0 aromatic heterocycles. The lowest BCUT2D eigenvalue weighted by Gasteiger charge is -2.29. The molecule has 0 spiro atoms. The van der Waals surface area contributed by atoms with Crippen molar-refractivity contribution in [2.75, 3.05) is 13.2 Å². The van der Waals surface area contributed by atoms with Gasteiger partial charge in [0, 0.05) is 13.2 Å². The van der Waals surface area contributed by atoms with Gasteiger partial charge in [-0.1, -0.05) is 0 Å². The fourth-order valence-corrected chi connectivity index (χ4v) is 2.96. The number of amides is 1. The van der Waals surface area contributed by atoms with E-state index < -0.39 is 11.6 Å². The van der Waals surface area contributed by atoms with E-state index in [-0.39, 0.29) is 18.0 Å². The molecule has 0 radical (unpaired) electrons. The summed E-state index contributed by atoms with van der Waals surface area (Å²) in [4.78, 5) is 26.3. The van der Waals surface area contributed by atoms with Gasteiger partial charge in [-0.15, -0.1) is 0 Å². The molecule has 2 aliphatic heterocycles. The molecule has 120 valence electrons. The van der Waals surface area contributed by atoms with Crippen molar-refractivity contribution in [2.45, 2.75) is 77.0 Å². The predicted octanol–water partition coefficient (Wildman–Crippen LogP) is 2.28. The molecule has 0 bridgehead atoms. The zero-order valence-electron chi connectivity index (χ0n) is 13.4. The fourth-order valence-electron chi connectivity index (χ4n) is 2.96. The molecule has 2 atom stereocenters. The van der Waals surface area contributed by atoms with Crippen LogP contribution in [0.15, 0.2) is 0 Å². The lowest BCUT2D eigenvalue weighted by Crippen LogP contribution is -2.44. The number of likely N-dealkylation sites (tertiary alicyclic amines) is 1. The van der Waals surface area contributed by atoms with E-state index in [1.807, 2.05) is 20.8 Å². The van der Waals surface area contributed by atoms with E-state index in [0.29, 0.717) is 19.4 Å². The van der Waals surface area contributed by atoms with Crippen molar-refractivity contribution in [3.63, 3.8) is 0 Å². The van der Waals surface area contributed by atoms with Crippen molar-refractivity contribution in [3.05, 3.63) is 0 Å². The summed E-state index contributed by atoms with van der Waals surface area (Å²) in [6.45, 7) is 6.94. The standard InChI is InChI=1S/C16H27NO4/c1-16(2,3)21-15(19)13-8-6-9-17(13)14(18)11-12-7-4-5-10-20-12/h12-13H,4-11H2,1-3H3/t12?,13-/m0/s1. The highest BCUT2D eigenvalue weighted by molar-refractivity contribution is 5.85. The third-order valence-electron chi connectivity index (χ3n) is 3.93. The lowest BCUT2D eigenvalue weighted by atomic mass is 10.1. The van der Waals surface area contributed by atoms with Gasteiger partial charge in [-0.05, 0) is 52.9 Å². The molecule has 0 aromatic carbocycles. The van der Waals surface area contributed by atoms with Gasteiger partial charge in [0.15, 0.2) is 0 Å². The molecule has 2 heterocycles. The third-order valence-corrected chi connectivity index (χ3v) is 3.93. The van der Waals surface area contributed by atoms with Crippen LogP contribution in [0.25, 0.3) is 0 Å². The van der Waals surface area contributed by atoms with E-state index in [9.17, 15) is 9.59 Å². The molecule has 1 unspecified atom stereocenters. The molecular formula is C16H27NO4. The summed E-state index contributed by atoms with van der Waals surface area (Å²) in [5, 5.41) is 0. The Labute approximate surface area is 127 Å². The minimum atomic E-state index is -0.513. The molecule has 21 heavy (non-hydrogen) atoms. The van der Waals surface area contributed by atoms with Crippen LogP contribution in [0.4, 0.5) is 0 Å². The SMILES string of the molecule is CC(C)(C)OC(=O)[C@@H]1CCCN1C(=O)CC1CCCCO1. The Morgan fingerprint density at radius 3 is 2.57 bits per heavy atom. The molecule has 2 rings (SSSR count). The second-order valence-electron chi connectivity index (χ2n) is 6.97. The monoisotopic (exact) mass is 297 g/mol. The van der Waals surface area contributed by atoms with Crippen LogP contribution in [0.2, 0.25) is 0 Å². The van der Waals surface area contributed by atoms with E-state index in [2.05, 4.69) is 0 Å². The quantitative estimate of drug-likeness (QED) is 0.750. The summed E-state index contributed by atoms with van der Waals surface area (Å²) >= 11 is 0. The third kappa shape index (κ3) is 4.70. The van der Waals surface area contributed by atoms with E-state index in [1.165, 1.54) is 0 Å². The van der Waals surface area contributed by atoms with Gasteiger partial charge >= 0.3 is 5.97 Å². The summed E-state index contributed by atoms with van der Waals surface area (Å²) in [6, 6.07) is -0.416. The first-order valence-electron chi connectivity index (χ1n) is 8.01. The van der Waals surface area contributed by atoms with Crippen molar-refractivity contribution in [1.82, 2.24) is 4.90 Å². The molecule has 0 aliphatic carbocycles. The predicted molar refractivity (Wildman–Crippen MR) is 78.8 cm³/mol. The average molecular weight is 297 g/mol. The van der Waals surface area contributed by atoms with Crippen molar-refractivity contribution < 1.29 is 19.1 Å². The molecule has 0 N–H and O–H groups in total. The largest absolute Gasteiger partial charge is 0.458 e. The van der Waals surface area contributed by atoms with E-state index >= 15 is 0 Å². The Balaban J connectivity index is 1.91. The molecule has 2 fully saturated rings. The van der Waals surface area contributed by atoms with Crippen LogP contribution in [0.1, 0.15) is 59.3 Å². The van der Waals surface area contributed by atoms with Gasteiger partial charge in [0.1, 0.15) is 11.6 Å². The Morgan fingerprint density at radius 2 is 1.95 bits per heavy atom. The Hall–Kier alpha value is -1.10. The van der Waals surface area contributed by atoms with Gasteiger partial charge in [0.2, 0.25) is 5.91 Å². The number of hydrogen-bond donors (Lipinski definition) is 0. The van der Waals surface area contributed by atoms with Gasteiger partial charge in [-0.2, -0.15) is 0 Å². The fraction of sp³-hybridized carbons (Fsp3) is 0.875. The van der Waals surface area contributed by atoms with Crippen LogP contribution in [0.3, 0.4) is 0 Å². The van der Waals surface area contributed by atoms with Crippen LogP contribution in [0, 0.1) is 0 Å². The minimum Gasteiger partial charge on any atom is -0.458 e. The van der Waals surface area contributed by atoms with Crippen molar-refractivity contribution in [3.8, 4) is 0 Å². The molecule has 2 aliphatic rings. The zero-order chi connectivity index (χ0) is 15.5. The highest BCUT2D eigenvalue weighted by Crippen LogP contribution is 2.24. The van der Waals surface area contributed by atoms with Gasteiger partial charge in [-0.25, -0.2) is 4.79 Å². The first kappa shape index (κ1) is 16.3. The number of carbonyl (C=O) groups is 2. The first-order chi connectivity index (χ1) is 9.87. The summed E-state index contributed by atoms with van der Waals surface area (Å²) < 4.78 is 11.0. The van der Waals surface area contributed by atoms with Crippen LogP contribution in [-0.4, -0.2) is 47.7 Å². The topological polar surface area (TPSA) is 55.8 Å². The van der Waals surface area contributed by atoms with Gasteiger partial charge in [0.25, 0.3) is 0 Å². The zero-order valence-corrected chi connectivity index (χ0v) is 13.4. The van der Waals surface area contributed by atoms with Crippen LogP contribution < -0.4 is 0 Å². The van der Waals surface area contributed by atoms with Crippen LogP contribution in [0.5, 0.6) is 0 Å². The molecule has 5 heteroatoms. The number of hydrogen-bond acceptors (Lipinski definition) is 4. The maximum absolute atomic E-state index is 12.4. The number of carbonyl (C=O) groups excluding carboxylic acids is 2. The lowest BCUT2D eigenvalue weighted by molar-refractivity contribution is -0.163. The van der Waals surface area contributed by atoms with Crippen molar-refractivity contribution in [1.29, 1.82) is 0 Å². The van der Waals surface area contributed by atoms with E-state index in [1.54, 1.807) is 4.90 Å². The highest BCUT2D eigenvalue weighted by Gasteiger charge is 2.37. The Morgan fingerprint density at radius 1 is 1.19 bits per heavy atom. The molecule has 2 saturated heterocycles. The summed E-state index contributed by atoms with van der Waals surface area (Å²) in [7, 11) is 0. The molecule has 0 aromatic rings. The van der Waals surface area contributed by atoms with Crippen LogP contribution in [-0.2, 0) is 19.1 Å². The Kier molecular flexibility index (Phi) is 5.25. The second-order valence-corrected chi connectivity index (χ2v) is 6.97. The van der Waals surface area contributed by atoms with E-state index in [4.69, 9.17) is 9.47 Å². The smallest absolute Gasteiger partial charge is 0.329 e. The van der Waals surface area contributed by atoms with Crippen LogP contribution >= 0.6 is 0 Å². The summed E-state index contributed by atoms with van der Waals surface area (Å²) in [5.41, 5.74) is -0.513. The maximum Gasteiger partial charge on any atom is 0.329 e. The highest BCUT2D eigenvalue weighted by atomic mass is 16.6. The molecular weight excluding hydrogens is 270 g/mol. The number of ether oxygens (including phenoxy) is 2.